The first kappa shape index (κ1) is 22.6. The summed E-state index contributed by atoms with van der Waals surface area (Å²) in [6.45, 7) is 6.75. The van der Waals surface area contributed by atoms with E-state index in [1.165, 1.54) is 6.33 Å². The highest BCUT2D eigenvalue weighted by Gasteiger charge is 2.28. The average molecular weight is 474 g/mol. The lowest BCUT2D eigenvalue weighted by Crippen LogP contribution is -2.52. The molecule has 2 aromatic carbocycles. The number of benzene rings is 2. The maximum Gasteiger partial charge on any atom is 0.263 e. The molecule has 1 aliphatic rings. The molecule has 3 heterocycles. The highest BCUT2D eigenvalue weighted by Crippen LogP contribution is 2.25. The largest absolute Gasteiger partial charge is 0.494 e. The molecule has 0 unspecified atom stereocenters. The second-order valence-corrected chi connectivity index (χ2v) is 8.18. The van der Waals surface area contributed by atoms with E-state index in [1.54, 1.807) is 11.6 Å². The van der Waals surface area contributed by atoms with Crippen LogP contribution >= 0.6 is 0 Å². The summed E-state index contributed by atoms with van der Waals surface area (Å²) in [5, 5.41) is 8.69. The summed E-state index contributed by atoms with van der Waals surface area (Å²) in [5.41, 5.74) is 2.09. The van der Waals surface area contributed by atoms with E-state index in [0.29, 0.717) is 55.5 Å². The minimum Gasteiger partial charge on any atom is -0.494 e. The van der Waals surface area contributed by atoms with Gasteiger partial charge in [-0.25, -0.2) is 9.97 Å². The number of amides is 1. The average Bonchev–Trinajstić information content (AvgIpc) is 3.34. The molecule has 0 aliphatic carbocycles. The number of carbonyl (C=O) groups excluding carboxylic acids is 1. The van der Waals surface area contributed by atoms with Crippen LogP contribution in [-0.4, -0.2) is 74.7 Å². The Hall–Kier alpha value is -4.21. The van der Waals surface area contributed by atoms with Gasteiger partial charge in [-0.2, -0.15) is 4.68 Å². The molecule has 0 radical (unpaired) electrons. The lowest BCUT2D eigenvalue weighted by molar-refractivity contribution is -0.138. The molecule has 4 aromatic rings. The number of rotatable bonds is 7. The number of hydrogen-bond acceptors (Lipinski definition) is 8. The molecule has 180 valence electrons. The Morgan fingerprint density at radius 3 is 2.43 bits per heavy atom. The van der Waals surface area contributed by atoms with Crippen molar-refractivity contribution in [3.8, 4) is 17.2 Å². The second kappa shape index (κ2) is 9.96. The smallest absolute Gasteiger partial charge is 0.263 e. The van der Waals surface area contributed by atoms with Gasteiger partial charge < -0.3 is 19.3 Å². The zero-order chi connectivity index (χ0) is 24.2. The van der Waals surface area contributed by atoms with E-state index in [-0.39, 0.29) is 5.91 Å². The normalized spacial score (nSPS) is 14.7. The first-order chi connectivity index (χ1) is 17.1. The lowest BCUT2D eigenvalue weighted by atomic mass is 10.2. The van der Waals surface area contributed by atoms with Gasteiger partial charge in [0.25, 0.3) is 5.91 Å². The molecule has 1 amide bonds. The molecular formula is C25H27N7O3. The van der Waals surface area contributed by atoms with Crippen molar-refractivity contribution in [3.63, 3.8) is 0 Å². The number of hydrogen-bond donors (Lipinski definition) is 0. The molecule has 2 aromatic heterocycles. The predicted octanol–water partition coefficient (Wildman–Crippen LogP) is 2.73. The number of nitrogens with zero attached hydrogens (tertiary/aromatic N) is 7. The molecule has 1 aliphatic heterocycles. The van der Waals surface area contributed by atoms with E-state index in [9.17, 15) is 4.79 Å². The monoisotopic (exact) mass is 473 g/mol. The van der Waals surface area contributed by atoms with Crippen LogP contribution in [0.3, 0.4) is 0 Å². The van der Waals surface area contributed by atoms with Gasteiger partial charge in [0.2, 0.25) is 0 Å². The third kappa shape index (κ3) is 4.72. The van der Waals surface area contributed by atoms with Gasteiger partial charge in [0.15, 0.2) is 23.1 Å². The fourth-order valence-corrected chi connectivity index (χ4v) is 4.14. The third-order valence-electron chi connectivity index (χ3n) is 5.91. The number of fused-ring (bicyclic) bond motifs is 1. The summed E-state index contributed by atoms with van der Waals surface area (Å²) in [6.07, 6.45) is 0.975. The van der Waals surface area contributed by atoms with Crippen LogP contribution < -0.4 is 14.4 Å². The Bertz CT molecular complexity index is 1290. The zero-order valence-electron chi connectivity index (χ0n) is 19.7. The first-order valence-electron chi connectivity index (χ1n) is 11.7. The van der Waals surface area contributed by atoms with E-state index < -0.39 is 6.10 Å². The van der Waals surface area contributed by atoms with Crippen molar-refractivity contribution >= 4 is 22.9 Å². The van der Waals surface area contributed by atoms with Crippen LogP contribution in [0.25, 0.3) is 16.9 Å². The summed E-state index contributed by atoms with van der Waals surface area (Å²) in [7, 11) is 0. The van der Waals surface area contributed by atoms with Gasteiger partial charge in [-0.05, 0) is 50.2 Å². The molecule has 0 bridgehead atoms. The van der Waals surface area contributed by atoms with E-state index in [0.717, 1.165) is 11.4 Å². The fraction of sp³-hybridized carbons (Fsp3) is 0.320. The molecule has 35 heavy (non-hydrogen) atoms. The Morgan fingerprint density at radius 1 is 0.971 bits per heavy atom. The maximum atomic E-state index is 12.9. The molecule has 10 heteroatoms. The summed E-state index contributed by atoms with van der Waals surface area (Å²) >= 11 is 0. The zero-order valence-corrected chi connectivity index (χ0v) is 19.7. The van der Waals surface area contributed by atoms with Gasteiger partial charge >= 0.3 is 0 Å². The van der Waals surface area contributed by atoms with E-state index in [1.807, 2.05) is 66.4 Å². The number of carbonyl (C=O) groups is 1. The summed E-state index contributed by atoms with van der Waals surface area (Å²) in [6, 6.07) is 17.0. The predicted molar refractivity (Wildman–Crippen MR) is 131 cm³/mol. The molecule has 1 atom stereocenters. The van der Waals surface area contributed by atoms with Crippen molar-refractivity contribution in [2.24, 2.45) is 0 Å². The van der Waals surface area contributed by atoms with E-state index >= 15 is 0 Å². The molecule has 10 nitrogen and oxygen atoms in total. The summed E-state index contributed by atoms with van der Waals surface area (Å²) < 4.78 is 13.0. The molecule has 1 saturated heterocycles. The van der Waals surface area contributed by atoms with Crippen molar-refractivity contribution < 1.29 is 14.3 Å². The number of para-hydroxylation sites is 1. The van der Waals surface area contributed by atoms with Crippen molar-refractivity contribution in [2.45, 2.75) is 20.0 Å². The van der Waals surface area contributed by atoms with Crippen molar-refractivity contribution in [2.75, 3.05) is 37.7 Å². The highest BCUT2D eigenvalue weighted by atomic mass is 16.5. The van der Waals surface area contributed by atoms with Crippen LogP contribution in [0.5, 0.6) is 11.5 Å². The Labute approximate surface area is 203 Å². The third-order valence-corrected chi connectivity index (χ3v) is 5.91. The minimum absolute atomic E-state index is 0.0252. The van der Waals surface area contributed by atoms with Crippen LogP contribution in [0.4, 0.5) is 5.82 Å². The van der Waals surface area contributed by atoms with Crippen LogP contribution in [0.1, 0.15) is 13.8 Å². The second-order valence-electron chi connectivity index (χ2n) is 8.18. The van der Waals surface area contributed by atoms with Gasteiger partial charge in [-0.15, -0.1) is 5.10 Å². The standard InChI is InChI=1S/C25H27N7O3/c1-3-34-20-11-9-19(10-12-20)32-24-22(28-29-32)23(26-17-27-24)30-13-15-31(16-14-30)25(33)18(2)35-21-7-5-4-6-8-21/h4-12,17-18H,3,13-16H2,1-2H3/t18-/m1/s1. The Balaban J connectivity index is 1.27. The fourth-order valence-electron chi connectivity index (χ4n) is 4.14. The molecule has 0 spiro atoms. The van der Waals surface area contributed by atoms with Gasteiger partial charge in [-0.3, -0.25) is 4.79 Å². The topological polar surface area (TPSA) is 98.5 Å². The van der Waals surface area contributed by atoms with Gasteiger partial charge in [-0.1, -0.05) is 23.4 Å². The van der Waals surface area contributed by atoms with Crippen molar-refractivity contribution in [1.29, 1.82) is 0 Å². The van der Waals surface area contributed by atoms with Gasteiger partial charge in [0.05, 0.1) is 12.3 Å². The van der Waals surface area contributed by atoms with E-state index in [4.69, 9.17) is 9.47 Å². The van der Waals surface area contributed by atoms with Crippen LogP contribution in [0.2, 0.25) is 0 Å². The summed E-state index contributed by atoms with van der Waals surface area (Å²) in [4.78, 5) is 25.8. The highest BCUT2D eigenvalue weighted by molar-refractivity contribution is 5.84. The number of ether oxygens (including phenoxy) is 2. The Morgan fingerprint density at radius 2 is 1.71 bits per heavy atom. The van der Waals surface area contributed by atoms with E-state index in [2.05, 4.69) is 25.2 Å². The van der Waals surface area contributed by atoms with Crippen molar-refractivity contribution in [1.82, 2.24) is 29.9 Å². The molecule has 1 fully saturated rings. The van der Waals surface area contributed by atoms with Gasteiger partial charge in [0.1, 0.15) is 17.8 Å². The molecule has 5 rings (SSSR count). The van der Waals surface area contributed by atoms with Crippen LogP contribution in [0.15, 0.2) is 60.9 Å². The number of anilines is 1. The lowest BCUT2D eigenvalue weighted by Gasteiger charge is -2.36. The number of piperazine rings is 1. The molecule has 0 saturated carbocycles. The van der Waals surface area contributed by atoms with Crippen molar-refractivity contribution in [3.05, 3.63) is 60.9 Å². The SMILES string of the molecule is CCOc1ccc(-n2nnc3c(N4CCN(C(=O)[C@@H](C)Oc5ccccc5)CC4)ncnc32)cc1. The maximum absolute atomic E-state index is 12.9. The quantitative estimate of drug-likeness (QED) is 0.404. The van der Waals surface area contributed by atoms with Gasteiger partial charge in [0, 0.05) is 26.2 Å². The summed E-state index contributed by atoms with van der Waals surface area (Å²) in [5.74, 6) is 2.17. The Kier molecular flexibility index (Phi) is 6.42. The molecule has 0 N–H and O–H groups in total. The minimum atomic E-state index is -0.552. The van der Waals surface area contributed by atoms with Crippen LogP contribution in [-0.2, 0) is 4.79 Å². The number of aromatic nitrogens is 5. The molecular weight excluding hydrogens is 446 g/mol. The van der Waals surface area contributed by atoms with Crippen LogP contribution in [0, 0.1) is 0 Å². The first-order valence-corrected chi connectivity index (χ1v) is 11.7.